The summed E-state index contributed by atoms with van der Waals surface area (Å²) in [4.78, 5) is 23.9. The predicted octanol–water partition coefficient (Wildman–Crippen LogP) is 2.73. The quantitative estimate of drug-likeness (QED) is 0.886. The van der Waals surface area contributed by atoms with Gasteiger partial charge in [0.2, 0.25) is 5.78 Å². The predicted molar refractivity (Wildman–Crippen MR) is 81.3 cm³/mol. The summed E-state index contributed by atoms with van der Waals surface area (Å²) in [5, 5.41) is 3.43. The molecule has 3 nitrogen and oxygen atoms in total. The number of benzene rings is 2. The molecular weight excluding hydrogens is 286 g/mol. The fourth-order valence-electron chi connectivity index (χ4n) is 2.76. The summed E-state index contributed by atoms with van der Waals surface area (Å²) in [7, 11) is 0. The molecular formula is C17H14ClNO2. The molecule has 0 aliphatic carbocycles. The summed E-state index contributed by atoms with van der Waals surface area (Å²) in [5.74, 6) is -1.34. The van der Waals surface area contributed by atoms with Gasteiger partial charge in [0.05, 0.1) is 5.92 Å². The van der Waals surface area contributed by atoms with Crippen LogP contribution in [0.1, 0.15) is 17.0 Å². The van der Waals surface area contributed by atoms with Crippen LogP contribution in [0.3, 0.4) is 0 Å². The molecule has 1 aliphatic rings. The SMILES string of the molecule is O=C1N[C@@H](Cc2ccccc2Cl)[C@H](c2ccccc2)C1=O. The van der Waals surface area contributed by atoms with Crippen molar-refractivity contribution in [3.63, 3.8) is 0 Å². The Morgan fingerprint density at radius 3 is 2.33 bits per heavy atom. The van der Waals surface area contributed by atoms with Crippen LogP contribution in [0.4, 0.5) is 0 Å². The molecule has 0 bridgehead atoms. The van der Waals surface area contributed by atoms with Crippen LogP contribution in [0.2, 0.25) is 5.02 Å². The molecule has 3 rings (SSSR count). The van der Waals surface area contributed by atoms with Crippen molar-refractivity contribution in [1.29, 1.82) is 0 Å². The molecule has 2 aromatic carbocycles. The summed E-state index contributed by atoms with van der Waals surface area (Å²) in [6, 6.07) is 16.6. The van der Waals surface area contributed by atoms with Gasteiger partial charge >= 0.3 is 0 Å². The van der Waals surface area contributed by atoms with E-state index < -0.39 is 11.8 Å². The fourth-order valence-corrected chi connectivity index (χ4v) is 2.97. The highest BCUT2D eigenvalue weighted by atomic mass is 35.5. The number of hydrogen-bond donors (Lipinski definition) is 1. The minimum Gasteiger partial charge on any atom is -0.345 e. The summed E-state index contributed by atoms with van der Waals surface area (Å²) in [6.45, 7) is 0. The lowest BCUT2D eigenvalue weighted by molar-refractivity contribution is -0.135. The van der Waals surface area contributed by atoms with Crippen LogP contribution in [0, 0.1) is 0 Å². The Kier molecular flexibility index (Phi) is 3.76. The van der Waals surface area contributed by atoms with Crippen molar-refractivity contribution >= 4 is 23.3 Å². The van der Waals surface area contributed by atoms with Crippen molar-refractivity contribution < 1.29 is 9.59 Å². The minimum atomic E-state index is -0.513. The molecule has 1 heterocycles. The van der Waals surface area contributed by atoms with Crippen molar-refractivity contribution in [2.45, 2.75) is 18.4 Å². The van der Waals surface area contributed by atoms with Gasteiger partial charge in [-0.05, 0) is 23.6 Å². The average molecular weight is 300 g/mol. The number of carbonyl (C=O) groups is 2. The second-order valence-corrected chi connectivity index (χ2v) is 5.54. The molecule has 1 amide bonds. The number of rotatable bonds is 3. The molecule has 0 radical (unpaired) electrons. The Hall–Kier alpha value is -2.13. The Morgan fingerprint density at radius 1 is 0.952 bits per heavy atom. The van der Waals surface area contributed by atoms with Crippen LogP contribution in [-0.4, -0.2) is 17.7 Å². The fraction of sp³-hybridized carbons (Fsp3) is 0.176. The molecule has 0 aromatic heterocycles. The van der Waals surface area contributed by atoms with Gasteiger partial charge in [0.25, 0.3) is 5.91 Å². The summed E-state index contributed by atoms with van der Waals surface area (Å²) in [5.41, 5.74) is 1.79. The Balaban J connectivity index is 1.92. The van der Waals surface area contributed by atoms with Crippen LogP contribution in [0.5, 0.6) is 0 Å². The number of ketones is 1. The topological polar surface area (TPSA) is 46.2 Å². The average Bonchev–Trinajstić information content (AvgIpc) is 2.77. The molecule has 106 valence electrons. The zero-order chi connectivity index (χ0) is 14.8. The van der Waals surface area contributed by atoms with Crippen molar-refractivity contribution in [3.05, 3.63) is 70.7 Å². The molecule has 2 atom stereocenters. The maximum Gasteiger partial charge on any atom is 0.288 e. The molecule has 1 saturated heterocycles. The van der Waals surface area contributed by atoms with Crippen molar-refractivity contribution in [2.75, 3.05) is 0 Å². The van der Waals surface area contributed by atoms with E-state index in [0.717, 1.165) is 11.1 Å². The lowest BCUT2D eigenvalue weighted by atomic mass is 9.87. The first-order valence-electron chi connectivity index (χ1n) is 6.80. The van der Waals surface area contributed by atoms with Crippen LogP contribution in [-0.2, 0) is 16.0 Å². The summed E-state index contributed by atoms with van der Waals surface area (Å²) in [6.07, 6.45) is 0.538. The number of halogens is 1. The Bertz CT molecular complexity index is 684. The molecule has 0 unspecified atom stereocenters. The lowest BCUT2D eigenvalue weighted by Crippen LogP contribution is -2.30. The molecule has 1 N–H and O–H groups in total. The molecule has 0 spiro atoms. The van der Waals surface area contributed by atoms with E-state index in [2.05, 4.69) is 5.32 Å². The van der Waals surface area contributed by atoms with Crippen molar-refractivity contribution in [3.8, 4) is 0 Å². The van der Waals surface area contributed by atoms with Crippen LogP contribution in [0.25, 0.3) is 0 Å². The lowest BCUT2D eigenvalue weighted by Gasteiger charge is -2.18. The van der Waals surface area contributed by atoms with E-state index in [9.17, 15) is 9.59 Å². The van der Waals surface area contributed by atoms with E-state index in [1.807, 2.05) is 54.6 Å². The third kappa shape index (κ3) is 2.69. The Labute approximate surface area is 127 Å². The van der Waals surface area contributed by atoms with Crippen LogP contribution in [0.15, 0.2) is 54.6 Å². The Morgan fingerprint density at radius 2 is 1.62 bits per heavy atom. The second-order valence-electron chi connectivity index (χ2n) is 5.13. The second kappa shape index (κ2) is 5.70. The number of carbonyl (C=O) groups excluding carboxylic acids is 2. The number of amides is 1. The maximum atomic E-state index is 12.1. The first-order valence-corrected chi connectivity index (χ1v) is 7.17. The normalized spacial score (nSPS) is 21.4. The molecule has 21 heavy (non-hydrogen) atoms. The number of Topliss-reactive ketones (excluding diaryl/α,β-unsaturated/α-hetero) is 1. The number of hydrogen-bond acceptors (Lipinski definition) is 2. The van der Waals surface area contributed by atoms with Gasteiger partial charge < -0.3 is 5.32 Å². The van der Waals surface area contributed by atoms with E-state index >= 15 is 0 Å². The van der Waals surface area contributed by atoms with Crippen LogP contribution >= 0.6 is 11.6 Å². The van der Waals surface area contributed by atoms with E-state index in [4.69, 9.17) is 11.6 Å². The monoisotopic (exact) mass is 299 g/mol. The molecule has 0 saturated carbocycles. The maximum absolute atomic E-state index is 12.1. The summed E-state index contributed by atoms with van der Waals surface area (Å²) < 4.78 is 0. The minimum absolute atomic E-state index is 0.257. The molecule has 2 aromatic rings. The molecule has 1 fully saturated rings. The first kappa shape index (κ1) is 13.8. The highest BCUT2D eigenvalue weighted by Gasteiger charge is 2.41. The standard InChI is InChI=1S/C17H14ClNO2/c18-13-9-5-4-8-12(13)10-14-15(16(20)17(21)19-14)11-6-2-1-3-7-11/h1-9,14-15H,10H2,(H,19,21)/t14-,15-/m0/s1. The molecule has 1 aliphatic heterocycles. The van der Waals surface area contributed by atoms with Crippen molar-refractivity contribution in [2.24, 2.45) is 0 Å². The zero-order valence-electron chi connectivity index (χ0n) is 11.3. The highest BCUT2D eigenvalue weighted by Crippen LogP contribution is 2.29. The summed E-state index contributed by atoms with van der Waals surface area (Å²) >= 11 is 6.17. The van der Waals surface area contributed by atoms with Crippen molar-refractivity contribution in [1.82, 2.24) is 5.32 Å². The molecule has 4 heteroatoms. The van der Waals surface area contributed by atoms with Gasteiger partial charge in [-0.2, -0.15) is 0 Å². The van der Waals surface area contributed by atoms with Crippen LogP contribution < -0.4 is 5.32 Å². The van der Waals surface area contributed by atoms with E-state index in [1.54, 1.807) is 0 Å². The smallest absolute Gasteiger partial charge is 0.288 e. The van der Waals surface area contributed by atoms with Gasteiger partial charge in [-0.1, -0.05) is 60.1 Å². The third-order valence-electron chi connectivity index (χ3n) is 3.78. The zero-order valence-corrected chi connectivity index (χ0v) is 12.0. The van der Waals surface area contributed by atoms with Gasteiger partial charge in [-0.3, -0.25) is 9.59 Å². The highest BCUT2D eigenvalue weighted by molar-refractivity contribution is 6.40. The van der Waals surface area contributed by atoms with E-state index in [1.165, 1.54) is 0 Å². The first-order chi connectivity index (χ1) is 10.2. The third-order valence-corrected chi connectivity index (χ3v) is 4.15. The largest absolute Gasteiger partial charge is 0.345 e. The van der Waals surface area contributed by atoms with E-state index in [0.29, 0.717) is 11.4 Å². The number of nitrogens with one attached hydrogen (secondary N) is 1. The van der Waals surface area contributed by atoms with Gasteiger partial charge in [-0.15, -0.1) is 0 Å². The van der Waals surface area contributed by atoms with Gasteiger partial charge in [0, 0.05) is 11.1 Å². The van der Waals surface area contributed by atoms with Gasteiger partial charge in [0.1, 0.15) is 0 Å². The van der Waals surface area contributed by atoms with Gasteiger partial charge in [-0.25, -0.2) is 0 Å². The van der Waals surface area contributed by atoms with Gasteiger partial charge in [0.15, 0.2) is 0 Å². The van der Waals surface area contributed by atoms with E-state index in [-0.39, 0.29) is 11.8 Å².